The molecule has 0 amide bonds. The molecule has 0 heterocycles. The largest absolute Gasteiger partial charge is 0.496 e. The number of halogens is 1. The molecule has 0 aliphatic rings. The highest BCUT2D eigenvalue weighted by Crippen LogP contribution is 2.20. The van der Waals surface area contributed by atoms with Crippen LogP contribution in [0.5, 0.6) is 5.75 Å². The number of para-hydroxylation sites is 1. The molecule has 0 aliphatic heterocycles. The zero-order valence-electron chi connectivity index (χ0n) is 10.9. The van der Waals surface area contributed by atoms with Crippen LogP contribution in [-0.2, 0) is 6.42 Å². The molecule has 0 saturated heterocycles. The van der Waals surface area contributed by atoms with Crippen LogP contribution in [0.15, 0.2) is 42.5 Å². The first-order valence-corrected chi connectivity index (χ1v) is 6.03. The maximum atomic E-state index is 13.2. The van der Waals surface area contributed by atoms with Gasteiger partial charge in [-0.1, -0.05) is 24.3 Å². The fourth-order valence-corrected chi connectivity index (χ4v) is 2.01. The summed E-state index contributed by atoms with van der Waals surface area (Å²) in [4.78, 5) is 12.2. The van der Waals surface area contributed by atoms with Crippen molar-refractivity contribution in [3.63, 3.8) is 0 Å². The van der Waals surface area contributed by atoms with E-state index in [1.807, 2.05) is 18.2 Å². The van der Waals surface area contributed by atoms with Crippen molar-refractivity contribution in [2.24, 2.45) is 0 Å². The number of hydrogen-bond acceptors (Lipinski definition) is 2. The quantitative estimate of drug-likeness (QED) is 0.784. The van der Waals surface area contributed by atoms with Gasteiger partial charge in [0, 0.05) is 17.5 Å². The molecule has 0 atom stereocenters. The van der Waals surface area contributed by atoms with Crippen LogP contribution in [0.2, 0.25) is 0 Å². The van der Waals surface area contributed by atoms with Gasteiger partial charge in [-0.3, -0.25) is 4.79 Å². The Morgan fingerprint density at radius 1 is 1.21 bits per heavy atom. The van der Waals surface area contributed by atoms with Crippen molar-refractivity contribution in [1.82, 2.24) is 0 Å². The minimum atomic E-state index is -0.394. The predicted molar refractivity (Wildman–Crippen MR) is 72.2 cm³/mol. The first kappa shape index (κ1) is 13.3. The molecule has 98 valence electrons. The third kappa shape index (κ3) is 2.99. The van der Waals surface area contributed by atoms with Crippen molar-refractivity contribution in [3.05, 3.63) is 65.0 Å². The molecule has 0 unspecified atom stereocenters. The number of ketones is 1. The Morgan fingerprint density at radius 3 is 2.68 bits per heavy atom. The molecule has 0 fully saturated rings. The third-order valence-corrected chi connectivity index (χ3v) is 3.04. The molecule has 2 aromatic carbocycles. The number of aryl methyl sites for hydroxylation is 1. The lowest BCUT2D eigenvalue weighted by Gasteiger charge is -2.09. The minimum Gasteiger partial charge on any atom is -0.496 e. The van der Waals surface area contributed by atoms with Gasteiger partial charge >= 0.3 is 0 Å². The number of benzene rings is 2. The summed E-state index contributed by atoms with van der Waals surface area (Å²) in [5.74, 6) is 0.167. The van der Waals surface area contributed by atoms with Crippen LogP contribution in [0.4, 0.5) is 4.39 Å². The van der Waals surface area contributed by atoms with E-state index in [0.29, 0.717) is 11.3 Å². The zero-order valence-corrected chi connectivity index (χ0v) is 10.9. The first-order valence-electron chi connectivity index (χ1n) is 6.03. The molecule has 0 radical (unpaired) electrons. The molecule has 19 heavy (non-hydrogen) atoms. The molecular weight excluding hydrogens is 243 g/mol. The van der Waals surface area contributed by atoms with Crippen LogP contribution in [-0.4, -0.2) is 12.9 Å². The van der Waals surface area contributed by atoms with E-state index in [1.54, 1.807) is 26.2 Å². The number of carbonyl (C=O) groups excluding carboxylic acids is 1. The van der Waals surface area contributed by atoms with E-state index in [-0.39, 0.29) is 12.2 Å². The summed E-state index contributed by atoms with van der Waals surface area (Å²) in [7, 11) is 1.57. The normalized spacial score (nSPS) is 10.3. The molecule has 2 rings (SSSR count). The van der Waals surface area contributed by atoms with Gasteiger partial charge in [0.25, 0.3) is 0 Å². The van der Waals surface area contributed by atoms with Gasteiger partial charge in [0.2, 0.25) is 0 Å². The lowest BCUT2D eigenvalue weighted by Crippen LogP contribution is -2.07. The molecular formula is C16H15FO2. The Hall–Kier alpha value is -2.16. The molecule has 0 N–H and O–H groups in total. The fourth-order valence-electron chi connectivity index (χ4n) is 2.01. The van der Waals surface area contributed by atoms with Crippen molar-refractivity contribution in [2.75, 3.05) is 7.11 Å². The van der Waals surface area contributed by atoms with Crippen molar-refractivity contribution in [1.29, 1.82) is 0 Å². The summed E-state index contributed by atoms with van der Waals surface area (Å²) in [5, 5.41) is 0. The predicted octanol–water partition coefficient (Wildman–Crippen LogP) is 3.57. The Kier molecular flexibility index (Phi) is 3.95. The minimum absolute atomic E-state index is 0.110. The molecule has 0 spiro atoms. The highest BCUT2D eigenvalue weighted by molar-refractivity contribution is 5.99. The second kappa shape index (κ2) is 5.65. The van der Waals surface area contributed by atoms with Crippen LogP contribution in [0.25, 0.3) is 0 Å². The van der Waals surface area contributed by atoms with Crippen molar-refractivity contribution in [3.8, 4) is 5.75 Å². The van der Waals surface area contributed by atoms with Gasteiger partial charge < -0.3 is 4.74 Å². The summed E-state index contributed by atoms with van der Waals surface area (Å²) in [6, 6.07) is 11.6. The van der Waals surface area contributed by atoms with Crippen LogP contribution < -0.4 is 4.74 Å². The first-order chi connectivity index (χ1) is 9.11. The average molecular weight is 258 g/mol. The molecule has 0 aromatic heterocycles. The summed E-state index contributed by atoms with van der Waals surface area (Å²) < 4.78 is 18.4. The Morgan fingerprint density at radius 2 is 1.95 bits per heavy atom. The van der Waals surface area contributed by atoms with E-state index < -0.39 is 5.82 Å². The summed E-state index contributed by atoms with van der Waals surface area (Å²) in [6.07, 6.45) is 0.203. The van der Waals surface area contributed by atoms with E-state index in [9.17, 15) is 9.18 Å². The van der Waals surface area contributed by atoms with Crippen molar-refractivity contribution >= 4 is 5.78 Å². The number of ether oxygens (including phenoxy) is 1. The van der Waals surface area contributed by atoms with E-state index in [0.717, 1.165) is 11.1 Å². The van der Waals surface area contributed by atoms with Gasteiger partial charge in [0.15, 0.2) is 5.78 Å². The van der Waals surface area contributed by atoms with Gasteiger partial charge in [0.1, 0.15) is 11.6 Å². The van der Waals surface area contributed by atoms with Crippen LogP contribution in [0.1, 0.15) is 21.5 Å². The van der Waals surface area contributed by atoms with E-state index in [1.165, 1.54) is 12.1 Å². The Balaban J connectivity index is 2.28. The lowest BCUT2D eigenvalue weighted by molar-refractivity contribution is 0.0991. The average Bonchev–Trinajstić information content (AvgIpc) is 2.42. The summed E-state index contributed by atoms with van der Waals surface area (Å²) >= 11 is 0. The van der Waals surface area contributed by atoms with Crippen molar-refractivity contribution < 1.29 is 13.9 Å². The Labute approximate surface area is 111 Å². The SMILES string of the molecule is COc1ccccc1CC(=O)c1cc(F)ccc1C. The number of Topliss-reactive ketones (excluding diaryl/α,β-unsaturated/α-hetero) is 1. The highest BCUT2D eigenvalue weighted by Gasteiger charge is 2.13. The second-order valence-electron chi connectivity index (χ2n) is 4.37. The van der Waals surface area contributed by atoms with Gasteiger partial charge in [-0.2, -0.15) is 0 Å². The molecule has 2 nitrogen and oxygen atoms in total. The maximum absolute atomic E-state index is 13.2. The van der Waals surface area contributed by atoms with E-state index in [4.69, 9.17) is 4.74 Å². The topological polar surface area (TPSA) is 26.3 Å². The number of rotatable bonds is 4. The number of carbonyl (C=O) groups is 1. The lowest BCUT2D eigenvalue weighted by atomic mass is 9.98. The Bertz CT molecular complexity index is 605. The summed E-state index contributed by atoms with van der Waals surface area (Å²) in [6.45, 7) is 1.80. The van der Waals surface area contributed by atoms with Crippen LogP contribution in [0, 0.1) is 12.7 Å². The number of hydrogen-bond donors (Lipinski definition) is 0. The van der Waals surface area contributed by atoms with Gasteiger partial charge in [-0.05, 0) is 30.7 Å². The van der Waals surface area contributed by atoms with Crippen LogP contribution in [0.3, 0.4) is 0 Å². The van der Waals surface area contributed by atoms with Crippen LogP contribution >= 0.6 is 0 Å². The molecule has 0 bridgehead atoms. The second-order valence-corrected chi connectivity index (χ2v) is 4.37. The van der Waals surface area contributed by atoms with Gasteiger partial charge in [-0.25, -0.2) is 4.39 Å². The van der Waals surface area contributed by atoms with Gasteiger partial charge in [-0.15, -0.1) is 0 Å². The molecule has 0 aliphatic carbocycles. The van der Waals surface area contributed by atoms with E-state index in [2.05, 4.69) is 0 Å². The van der Waals surface area contributed by atoms with Crippen molar-refractivity contribution in [2.45, 2.75) is 13.3 Å². The molecule has 0 saturated carbocycles. The maximum Gasteiger partial charge on any atom is 0.167 e. The van der Waals surface area contributed by atoms with Gasteiger partial charge in [0.05, 0.1) is 7.11 Å². The zero-order chi connectivity index (χ0) is 13.8. The highest BCUT2D eigenvalue weighted by atomic mass is 19.1. The molecule has 2 aromatic rings. The monoisotopic (exact) mass is 258 g/mol. The number of methoxy groups -OCH3 is 1. The molecule has 3 heteroatoms. The van der Waals surface area contributed by atoms with E-state index >= 15 is 0 Å². The summed E-state index contributed by atoms with van der Waals surface area (Å²) in [5.41, 5.74) is 2.01. The smallest absolute Gasteiger partial charge is 0.167 e. The third-order valence-electron chi connectivity index (χ3n) is 3.04. The fraction of sp³-hybridized carbons (Fsp3) is 0.188. The standard InChI is InChI=1S/C16H15FO2/c1-11-7-8-13(17)10-14(11)15(18)9-12-5-3-4-6-16(12)19-2/h3-8,10H,9H2,1-2H3.